The number of anilines is 1. The second kappa shape index (κ2) is 4.61. The van der Waals surface area contributed by atoms with Crippen LogP contribution >= 0.6 is 0 Å². The first kappa shape index (κ1) is 11.5. The third-order valence-electron chi connectivity index (χ3n) is 3.19. The lowest BCUT2D eigenvalue weighted by Crippen LogP contribution is -1.94. The van der Waals surface area contributed by atoms with E-state index in [1.54, 1.807) is 4.68 Å². The molecule has 1 aromatic heterocycles. The number of aromatic nitrogens is 2. The number of nitrogens with two attached hydrogens (primary N) is 1. The number of rotatable bonds is 2. The van der Waals surface area contributed by atoms with Crippen LogP contribution in [0.2, 0.25) is 0 Å². The van der Waals surface area contributed by atoms with Crippen LogP contribution in [0.5, 0.6) is 0 Å². The van der Waals surface area contributed by atoms with Gasteiger partial charge < -0.3 is 5.73 Å². The summed E-state index contributed by atoms with van der Waals surface area (Å²) in [5.41, 5.74) is 10.3. The van der Waals surface area contributed by atoms with Crippen molar-refractivity contribution in [2.45, 2.75) is 0 Å². The van der Waals surface area contributed by atoms with E-state index < -0.39 is 0 Å². The lowest BCUT2D eigenvalue weighted by Gasteiger charge is -2.04. The molecule has 0 saturated heterocycles. The standard InChI is InChI=1S/C16H15N3/c1-19-15(11-16(17)18-19)14-9-7-13(8-10-14)12-5-3-2-4-6-12/h2-11H,1H3,(H2,17,18). The van der Waals surface area contributed by atoms with Gasteiger partial charge in [0.05, 0.1) is 5.69 Å². The van der Waals surface area contributed by atoms with E-state index >= 15 is 0 Å². The molecule has 0 aliphatic heterocycles. The topological polar surface area (TPSA) is 43.8 Å². The number of hydrogen-bond donors (Lipinski definition) is 1. The minimum Gasteiger partial charge on any atom is -0.382 e. The van der Waals surface area contributed by atoms with E-state index in [4.69, 9.17) is 5.73 Å². The van der Waals surface area contributed by atoms with Crippen LogP contribution in [0.15, 0.2) is 60.7 Å². The predicted molar refractivity (Wildman–Crippen MR) is 78.5 cm³/mol. The van der Waals surface area contributed by atoms with Crippen LogP contribution in [0.3, 0.4) is 0 Å². The van der Waals surface area contributed by atoms with Gasteiger partial charge >= 0.3 is 0 Å². The van der Waals surface area contributed by atoms with Crippen molar-refractivity contribution in [3.63, 3.8) is 0 Å². The number of hydrogen-bond acceptors (Lipinski definition) is 2. The average Bonchev–Trinajstić information content (AvgIpc) is 2.79. The van der Waals surface area contributed by atoms with Crippen LogP contribution < -0.4 is 5.73 Å². The summed E-state index contributed by atoms with van der Waals surface area (Å²) < 4.78 is 1.80. The minimum absolute atomic E-state index is 0.546. The summed E-state index contributed by atoms with van der Waals surface area (Å²) >= 11 is 0. The van der Waals surface area contributed by atoms with Crippen molar-refractivity contribution >= 4 is 5.82 Å². The first-order valence-electron chi connectivity index (χ1n) is 6.19. The lowest BCUT2D eigenvalue weighted by molar-refractivity contribution is 0.780. The van der Waals surface area contributed by atoms with Gasteiger partial charge in [-0.25, -0.2) is 0 Å². The quantitative estimate of drug-likeness (QED) is 0.757. The molecule has 3 rings (SSSR count). The molecule has 19 heavy (non-hydrogen) atoms. The number of nitrogen functional groups attached to an aromatic ring is 1. The maximum absolute atomic E-state index is 5.71. The van der Waals surface area contributed by atoms with Crippen LogP contribution in [0.4, 0.5) is 5.82 Å². The molecule has 0 radical (unpaired) electrons. The van der Waals surface area contributed by atoms with Crippen molar-refractivity contribution in [1.82, 2.24) is 9.78 Å². The average molecular weight is 249 g/mol. The van der Waals surface area contributed by atoms with Gasteiger partial charge in [0.2, 0.25) is 0 Å². The molecule has 0 spiro atoms. The lowest BCUT2D eigenvalue weighted by atomic mass is 10.0. The molecular weight excluding hydrogens is 234 g/mol. The van der Waals surface area contributed by atoms with Crippen molar-refractivity contribution in [3.8, 4) is 22.4 Å². The zero-order chi connectivity index (χ0) is 13.2. The highest BCUT2D eigenvalue weighted by atomic mass is 15.3. The first-order valence-corrected chi connectivity index (χ1v) is 6.19. The summed E-state index contributed by atoms with van der Waals surface area (Å²) in [6.45, 7) is 0. The van der Waals surface area contributed by atoms with Gasteiger partial charge in [0.25, 0.3) is 0 Å². The Morgan fingerprint density at radius 1 is 0.842 bits per heavy atom. The molecule has 0 aliphatic carbocycles. The highest BCUT2D eigenvalue weighted by Crippen LogP contribution is 2.25. The van der Waals surface area contributed by atoms with Crippen LogP contribution in [0, 0.1) is 0 Å². The summed E-state index contributed by atoms with van der Waals surface area (Å²) in [5.74, 6) is 0.546. The molecular formula is C16H15N3. The molecule has 3 aromatic rings. The summed E-state index contributed by atoms with van der Waals surface area (Å²) in [6, 6.07) is 20.7. The van der Waals surface area contributed by atoms with E-state index in [2.05, 4.69) is 41.5 Å². The molecule has 1 heterocycles. The van der Waals surface area contributed by atoms with Gasteiger partial charge in [-0.2, -0.15) is 5.10 Å². The number of nitrogens with zero attached hydrogens (tertiary/aromatic N) is 2. The highest BCUT2D eigenvalue weighted by molar-refractivity contribution is 5.69. The zero-order valence-electron chi connectivity index (χ0n) is 10.7. The number of aryl methyl sites for hydroxylation is 1. The van der Waals surface area contributed by atoms with Gasteiger partial charge in [-0.05, 0) is 16.7 Å². The molecule has 0 unspecified atom stereocenters. The third-order valence-corrected chi connectivity index (χ3v) is 3.19. The Morgan fingerprint density at radius 3 is 2.00 bits per heavy atom. The smallest absolute Gasteiger partial charge is 0.146 e. The molecule has 0 atom stereocenters. The minimum atomic E-state index is 0.546. The van der Waals surface area contributed by atoms with E-state index in [-0.39, 0.29) is 0 Å². The van der Waals surface area contributed by atoms with Crippen molar-refractivity contribution in [3.05, 3.63) is 60.7 Å². The van der Waals surface area contributed by atoms with Crippen LogP contribution in [0.25, 0.3) is 22.4 Å². The molecule has 0 fully saturated rings. The fraction of sp³-hybridized carbons (Fsp3) is 0.0625. The normalized spacial score (nSPS) is 10.6. The Morgan fingerprint density at radius 2 is 1.42 bits per heavy atom. The van der Waals surface area contributed by atoms with E-state index in [1.165, 1.54) is 11.1 Å². The Balaban J connectivity index is 1.98. The molecule has 2 N–H and O–H groups in total. The Labute approximate surface area is 112 Å². The molecule has 3 heteroatoms. The fourth-order valence-electron chi connectivity index (χ4n) is 2.22. The van der Waals surface area contributed by atoms with E-state index in [0.717, 1.165) is 11.3 Å². The molecule has 2 aromatic carbocycles. The van der Waals surface area contributed by atoms with Gasteiger partial charge in [-0.1, -0.05) is 54.6 Å². The van der Waals surface area contributed by atoms with Gasteiger partial charge in [-0.15, -0.1) is 0 Å². The number of benzene rings is 2. The van der Waals surface area contributed by atoms with Gasteiger partial charge in [0.15, 0.2) is 0 Å². The van der Waals surface area contributed by atoms with E-state index in [1.807, 2.05) is 31.3 Å². The van der Waals surface area contributed by atoms with Crippen LogP contribution in [0.1, 0.15) is 0 Å². The molecule has 0 saturated carbocycles. The van der Waals surface area contributed by atoms with Crippen LogP contribution in [-0.2, 0) is 7.05 Å². The van der Waals surface area contributed by atoms with Crippen molar-refractivity contribution in [2.75, 3.05) is 5.73 Å². The van der Waals surface area contributed by atoms with Gasteiger partial charge in [0.1, 0.15) is 5.82 Å². The monoisotopic (exact) mass is 249 g/mol. The van der Waals surface area contributed by atoms with E-state index in [0.29, 0.717) is 5.82 Å². The molecule has 0 amide bonds. The SMILES string of the molecule is Cn1nc(N)cc1-c1ccc(-c2ccccc2)cc1. The largest absolute Gasteiger partial charge is 0.382 e. The second-order valence-corrected chi connectivity index (χ2v) is 4.52. The first-order chi connectivity index (χ1) is 9.24. The highest BCUT2D eigenvalue weighted by Gasteiger charge is 2.05. The molecule has 3 nitrogen and oxygen atoms in total. The Kier molecular flexibility index (Phi) is 2.80. The third kappa shape index (κ3) is 2.22. The van der Waals surface area contributed by atoms with Crippen molar-refractivity contribution < 1.29 is 0 Å². The summed E-state index contributed by atoms with van der Waals surface area (Å²) in [7, 11) is 1.90. The van der Waals surface area contributed by atoms with Gasteiger partial charge in [0, 0.05) is 13.1 Å². The van der Waals surface area contributed by atoms with Crippen LogP contribution in [-0.4, -0.2) is 9.78 Å². The Bertz CT molecular complexity index is 682. The van der Waals surface area contributed by atoms with E-state index in [9.17, 15) is 0 Å². The predicted octanol–water partition coefficient (Wildman–Crippen LogP) is 3.34. The molecule has 94 valence electrons. The maximum Gasteiger partial charge on any atom is 0.146 e. The Hall–Kier alpha value is -2.55. The maximum atomic E-state index is 5.71. The summed E-state index contributed by atoms with van der Waals surface area (Å²) in [4.78, 5) is 0. The summed E-state index contributed by atoms with van der Waals surface area (Å²) in [6.07, 6.45) is 0. The van der Waals surface area contributed by atoms with Gasteiger partial charge in [-0.3, -0.25) is 4.68 Å². The van der Waals surface area contributed by atoms with Crippen molar-refractivity contribution in [2.24, 2.45) is 7.05 Å². The molecule has 0 aliphatic rings. The molecule has 0 bridgehead atoms. The fourth-order valence-corrected chi connectivity index (χ4v) is 2.22. The zero-order valence-corrected chi connectivity index (χ0v) is 10.7. The van der Waals surface area contributed by atoms with Crippen molar-refractivity contribution in [1.29, 1.82) is 0 Å². The second-order valence-electron chi connectivity index (χ2n) is 4.52. The summed E-state index contributed by atoms with van der Waals surface area (Å²) in [5, 5.41) is 4.16.